The molecule has 0 bridgehead atoms. The second kappa shape index (κ2) is 6.85. The van der Waals surface area contributed by atoms with Crippen LogP contribution in [0.25, 0.3) is 0 Å². The summed E-state index contributed by atoms with van der Waals surface area (Å²) >= 11 is 6.03. The first-order valence-electron chi connectivity index (χ1n) is 6.25. The van der Waals surface area contributed by atoms with E-state index >= 15 is 0 Å². The Labute approximate surface area is 127 Å². The molecular weight excluding hydrogens is 292 g/mol. The second-order valence-electron chi connectivity index (χ2n) is 4.29. The lowest BCUT2D eigenvalue weighted by Gasteiger charge is -2.10. The molecule has 5 nitrogen and oxygen atoms in total. The van der Waals surface area contributed by atoms with Gasteiger partial charge in [-0.15, -0.1) is 0 Å². The van der Waals surface area contributed by atoms with Gasteiger partial charge in [0.1, 0.15) is 5.75 Å². The Bertz CT molecular complexity index is 609. The van der Waals surface area contributed by atoms with Crippen molar-refractivity contribution >= 4 is 29.1 Å². The van der Waals surface area contributed by atoms with E-state index in [1.54, 1.807) is 42.5 Å². The summed E-state index contributed by atoms with van der Waals surface area (Å²) in [7, 11) is 1.31. The van der Waals surface area contributed by atoms with Gasteiger partial charge in [0.05, 0.1) is 7.11 Å². The molecule has 2 aromatic rings. The van der Waals surface area contributed by atoms with Crippen LogP contribution in [0.4, 0.5) is 16.2 Å². The lowest BCUT2D eigenvalue weighted by atomic mass is 10.2. The summed E-state index contributed by atoms with van der Waals surface area (Å²) in [6, 6.07) is 12.1. The average molecular weight is 307 g/mol. The molecule has 0 aliphatic rings. The number of rotatable bonds is 4. The Balaban J connectivity index is 1.99. The Morgan fingerprint density at radius 1 is 1.19 bits per heavy atom. The summed E-state index contributed by atoms with van der Waals surface area (Å²) in [5.74, 6) is 0.152. The SMILES string of the molecule is COC(=O)Nc1ccc(NCc2c(O)cccc2Cl)cc1. The third-order valence-corrected chi connectivity index (χ3v) is 3.23. The molecule has 6 heteroatoms. The molecule has 0 aromatic heterocycles. The highest BCUT2D eigenvalue weighted by Crippen LogP contribution is 2.26. The number of aromatic hydroxyl groups is 1. The molecule has 0 heterocycles. The van der Waals surface area contributed by atoms with Gasteiger partial charge < -0.3 is 15.2 Å². The molecule has 0 radical (unpaired) electrons. The molecule has 0 aliphatic heterocycles. The zero-order chi connectivity index (χ0) is 15.2. The first kappa shape index (κ1) is 15.0. The number of methoxy groups -OCH3 is 1. The number of ether oxygens (including phenoxy) is 1. The Morgan fingerprint density at radius 2 is 1.86 bits per heavy atom. The lowest BCUT2D eigenvalue weighted by Crippen LogP contribution is -2.10. The quantitative estimate of drug-likeness (QED) is 0.802. The minimum atomic E-state index is -0.517. The summed E-state index contributed by atoms with van der Waals surface area (Å²) in [4.78, 5) is 11.1. The van der Waals surface area contributed by atoms with Gasteiger partial charge in [-0.3, -0.25) is 5.32 Å². The number of benzene rings is 2. The summed E-state index contributed by atoms with van der Waals surface area (Å²) < 4.78 is 4.51. The third kappa shape index (κ3) is 4.03. The van der Waals surface area contributed by atoms with Gasteiger partial charge in [0, 0.05) is 28.5 Å². The molecule has 0 aliphatic carbocycles. The van der Waals surface area contributed by atoms with E-state index < -0.39 is 6.09 Å². The van der Waals surface area contributed by atoms with Crippen LogP contribution in [0.3, 0.4) is 0 Å². The average Bonchev–Trinajstić information content (AvgIpc) is 2.48. The van der Waals surface area contributed by atoms with E-state index in [1.807, 2.05) is 0 Å². The van der Waals surface area contributed by atoms with E-state index in [0.29, 0.717) is 22.8 Å². The highest BCUT2D eigenvalue weighted by atomic mass is 35.5. The van der Waals surface area contributed by atoms with Crippen molar-refractivity contribution in [3.63, 3.8) is 0 Å². The molecule has 2 aromatic carbocycles. The zero-order valence-electron chi connectivity index (χ0n) is 11.4. The Kier molecular flexibility index (Phi) is 4.90. The number of amides is 1. The Hall–Kier alpha value is -2.40. The van der Waals surface area contributed by atoms with Crippen LogP contribution >= 0.6 is 11.6 Å². The normalized spacial score (nSPS) is 10.0. The van der Waals surface area contributed by atoms with Gasteiger partial charge in [-0.05, 0) is 36.4 Å². The summed E-state index contributed by atoms with van der Waals surface area (Å²) in [6.07, 6.45) is -0.517. The molecule has 3 N–H and O–H groups in total. The van der Waals surface area contributed by atoms with Gasteiger partial charge in [-0.1, -0.05) is 17.7 Å². The molecule has 0 saturated carbocycles. The molecule has 2 rings (SSSR count). The molecule has 0 saturated heterocycles. The lowest BCUT2D eigenvalue weighted by molar-refractivity contribution is 0.187. The van der Waals surface area contributed by atoms with E-state index in [-0.39, 0.29) is 5.75 Å². The highest BCUT2D eigenvalue weighted by Gasteiger charge is 2.06. The minimum Gasteiger partial charge on any atom is -0.508 e. The largest absolute Gasteiger partial charge is 0.508 e. The van der Waals surface area contributed by atoms with E-state index in [4.69, 9.17) is 11.6 Å². The molecule has 21 heavy (non-hydrogen) atoms. The van der Waals surface area contributed by atoms with Gasteiger partial charge in [0.25, 0.3) is 0 Å². The van der Waals surface area contributed by atoms with Crippen molar-refractivity contribution < 1.29 is 14.6 Å². The van der Waals surface area contributed by atoms with E-state index in [9.17, 15) is 9.90 Å². The number of anilines is 2. The molecule has 0 atom stereocenters. The van der Waals surface area contributed by atoms with Crippen LogP contribution in [-0.2, 0) is 11.3 Å². The van der Waals surface area contributed by atoms with Crippen molar-refractivity contribution in [2.75, 3.05) is 17.7 Å². The van der Waals surface area contributed by atoms with Crippen LogP contribution in [0.15, 0.2) is 42.5 Å². The fraction of sp³-hybridized carbons (Fsp3) is 0.133. The first-order valence-corrected chi connectivity index (χ1v) is 6.63. The predicted octanol–water partition coefficient (Wildman–Crippen LogP) is 3.84. The summed E-state index contributed by atoms with van der Waals surface area (Å²) in [5, 5.41) is 16.0. The highest BCUT2D eigenvalue weighted by molar-refractivity contribution is 6.31. The number of hydrogen-bond acceptors (Lipinski definition) is 4. The molecule has 1 amide bonds. The van der Waals surface area contributed by atoms with E-state index in [2.05, 4.69) is 15.4 Å². The fourth-order valence-electron chi connectivity index (χ4n) is 1.75. The van der Waals surface area contributed by atoms with Crippen LogP contribution in [0, 0.1) is 0 Å². The first-order chi connectivity index (χ1) is 10.1. The summed E-state index contributed by atoms with van der Waals surface area (Å²) in [5.41, 5.74) is 2.11. The topological polar surface area (TPSA) is 70.6 Å². The van der Waals surface area contributed by atoms with Crippen molar-refractivity contribution in [2.24, 2.45) is 0 Å². The number of hydrogen-bond donors (Lipinski definition) is 3. The van der Waals surface area contributed by atoms with Gasteiger partial charge in [0.15, 0.2) is 0 Å². The predicted molar refractivity (Wildman–Crippen MR) is 82.9 cm³/mol. The molecule has 0 fully saturated rings. The van der Waals surface area contributed by atoms with Crippen LogP contribution in [0.2, 0.25) is 5.02 Å². The van der Waals surface area contributed by atoms with E-state index in [1.165, 1.54) is 7.11 Å². The molecule has 0 unspecified atom stereocenters. The third-order valence-electron chi connectivity index (χ3n) is 2.88. The van der Waals surface area contributed by atoms with Crippen LogP contribution in [-0.4, -0.2) is 18.3 Å². The van der Waals surface area contributed by atoms with E-state index in [0.717, 1.165) is 5.69 Å². The molecular formula is C15H15ClN2O3. The molecule has 110 valence electrons. The van der Waals surface area contributed by atoms with Gasteiger partial charge in [-0.2, -0.15) is 0 Å². The van der Waals surface area contributed by atoms with Crippen LogP contribution < -0.4 is 10.6 Å². The molecule has 0 spiro atoms. The smallest absolute Gasteiger partial charge is 0.411 e. The summed E-state index contributed by atoms with van der Waals surface area (Å²) in [6.45, 7) is 0.398. The van der Waals surface area contributed by atoms with Gasteiger partial charge in [0.2, 0.25) is 0 Å². The number of phenols is 1. The maximum atomic E-state index is 11.1. The van der Waals surface area contributed by atoms with Crippen molar-refractivity contribution in [3.8, 4) is 5.75 Å². The zero-order valence-corrected chi connectivity index (χ0v) is 12.1. The number of halogens is 1. The van der Waals surface area contributed by atoms with Crippen molar-refractivity contribution in [1.82, 2.24) is 0 Å². The number of nitrogens with one attached hydrogen (secondary N) is 2. The van der Waals surface area contributed by atoms with Gasteiger partial charge >= 0.3 is 6.09 Å². The van der Waals surface area contributed by atoms with Crippen molar-refractivity contribution in [2.45, 2.75) is 6.54 Å². The standard InChI is InChI=1S/C15H15ClN2O3/c1-21-15(20)18-11-7-5-10(6-8-11)17-9-12-13(16)3-2-4-14(12)19/h2-8,17,19H,9H2,1H3,(H,18,20). The van der Waals surface area contributed by atoms with Gasteiger partial charge in [-0.25, -0.2) is 4.79 Å². The maximum Gasteiger partial charge on any atom is 0.411 e. The fourth-order valence-corrected chi connectivity index (χ4v) is 1.99. The van der Waals surface area contributed by atoms with Crippen LogP contribution in [0.1, 0.15) is 5.56 Å². The van der Waals surface area contributed by atoms with Crippen molar-refractivity contribution in [3.05, 3.63) is 53.1 Å². The van der Waals surface area contributed by atoms with Crippen molar-refractivity contribution in [1.29, 1.82) is 0 Å². The minimum absolute atomic E-state index is 0.152. The Morgan fingerprint density at radius 3 is 2.48 bits per heavy atom. The number of carbonyl (C=O) groups excluding carboxylic acids is 1. The monoisotopic (exact) mass is 306 g/mol. The van der Waals surface area contributed by atoms with Crippen LogP contribution in [0.5, 0.6) is 5.75 Å². The number of phenolic OH excluding ortho intramolecular Hbond substituents is 1. The number of carbonyl (C=O) groups is 1. The maximum absolute atomic E-state index is 11.1. The second-order valence-corrected chi connectivity index (χ2v) is 4.69.